The molecule has 0 aliphatic heterocycles. The lowest BCUT2D eigenvalue weighted by Gasteiger charge is -2.25. The molecular weight excluding hydrogens is 384 g/mol. The summed E-state index contributed by atoms with van der Waals surface area (Å²) < 4.78 is 35.6. The van der Waals surface area contributed by atoms with E-state index in [1.165, 1.54) is 50.7 Å². The summed E-state index contributed by atoms with van der Waals surface area (Å²) in [6.45, 7) is 3.79. The summed E-state index contributed by atoms with van der Waals surface area (Å²) in [7, 11) is -4.96. The minimum absolute atomic E-state index is 0.00205. The van der Waals surface area contributed by atoms with Gasteiger partial charge in [-0.2, -0.15) is 8.42 Å². The molecule has 8 heteroatoms. The summed E-state index contributed by atoms with van der Waals surface area (Å²) in [6, 6.07) is 0. The first-order chi connectivity index (χ1) is 13.2. The van der Waals surface area contributed by atoms with Crippen LogP contribution in [0.1, 0.15) is 90.9 Å². The number of rotatable bonds is 17. The maximum Gasteiger partial charge on any atom is 0.330 e. The molecule has 0 amide bonds. The number of carbonyl (C=O) groups excluding carboxylic acids is 1. The molecule has 0 aromatic carbocycles. The Balaban J connectivity index is 4.40. The fraction of sp³-hybridized carbons (Fsp3) is 0.800. The molecular formula is C20H36O7S. The molecule has 0 aliphatic rings. The van der Waals surface area contributed by atoms with Gasteiger partial charge in [-0.1, -0.05) is 76.9 Å². The van der Waals surface area contributed by atoms with Crippen molar-refractivity contribution in [2.45, 2.75) is 95.6 Å². The fourth-order valence-corrected chi connectivity index (χ4v) is 3.85. The molecule has 1 unspecified atom stereocenters. The molecule has 0 aliphatic carbocycles. The normalized spacial score (nSPS) is 14.1. The Morgan fingerprint density at radius 1 is 0.964 bits per heavy atom. The number of hydrogen-bond acceptors (Lipinski definition) is 5. The van der Waals surface area contributed by atoms with Gasteiger partial charge in [0.2, 0.25) is 4.75 Å². The van der Waals surface area contributed by atoms with Crippen molar-refractivity contribution in [1.29, 1.82) is 0 Å². The molecule has 0 bridgehead atoms. The van der Waals surface area contributed by atoms with E-state index in [0.29, 0.717) is 6.42 Å². The molecule has 0 aromatic rings. The molecule has 0 radical (unpaired) electrons. The van der Waals surface area contributed by atoms with Crippen LogP contribution < -0.4 is 0 Å². The van der Waals surface area contributed by atoms with Crippen molar-refractivity contribution in [1.82, 2.24) is 0 Å². The second-order valence-corrected chi connectivity index (χ2v) is 8.86. The van der Waals surface area contributed by atoms with Crippen LogP contribution in [0.3, 0.4) is 0 Å². The SMILES string of the molecule is CC=CCC(CC(=O)O)(C(=O)OCCCCCCCCCCCC)S(=O)(=O)O. The minimum atomic E-state index is -4.96. The number of aliphatic carboxylic acids is 1. The highest BCUT2D eigenvalue weighted by Gasteiger charge is 2.52. The average Bonchev–Trinajstić information content (AvgIpc) is 2.61. The van der Waals surface area contributed by atoms with E-state index in [1.54, 1.807) is 6.92 Å². The fourth-order valence-electron chi connectivity index (χ4n) is 2.97. The largest absolute Gasteiger partial charge is 0.481 e. The zero-order chi connectivity index (χ0) is 21.5. The molecule has 164 valence electrons. The van der Waals surface area contributed by atoms with Crippen LogP contribution in [0.25, 0.3) is 0 Å². The van der Waals surface area contributed by atoms with Gasteiger partial charge in [-0.25, -0.2) is 0 Å². The Morgan fingerprint density at radius 2 is 1.46 bits per heavy atom. The summed E-state index contributed by atoms with van der Waals surface area (Å²) >= 11 is 0. The molecule has 0 aromatic heterocycles. The van der Waals surface area contributed by atoms with Gasteiger partial charge < -0.3 is 9.84 Å². The van der Waals surface area contributed by atoms with Gasteiger partial charge in [0.25, 0.3) is 10.1 Å². The second-order valence-electron chi connectivity index (χ2n) is 7.13. The second kappa shape index (κ2) is 14.6. The van der Waals surface area contributed by atoms with E-state index >= 15 is 0 Å². The summed E-state index contributed by atoms with van der Waals surface area (Å²) in [5.74, 6) is -2.72. The van der Waals surface area contributed by atoms with Gasteiger partial charge >= 0.3 is 11.9 Å². The zero-order valence-corrected chi connectivity index (χ0v) is 18.0. The summed E-state index contributed by atoms with van der Waals surface area (Å²) in [5, 5.41) is 9.01. The molecule has 7 nitrogen and oxygen atoms in total. The lowest BCUT2D eigenvalue weighted by atomic mass is 10.00. The molecule has 0 saturated carbocycles. The third-order valence-corrected chi connectivity index (χ3v) is 6.18. The van der Waals surface area contributed by atoms with Crippen LogP contribution >= 0.6 is 0 Å². The summed E-state index contributed by atoms with van der Waals surface area (Å²) in [4.78, 5) is 23.4. The number of hydrogen-bond donors (Lipinski definition) is 2. The Kier molecular flexibility index (Phi) is 13.8. The molecule has 2 N–H and O–H groups in total. The van der Waals surface area contributed by atoms with Crippen LogP contribution in [0.5, 0.6) is 0 Å². The maximum atomic E-state index is 12.4. The number of unbranched alkanes of at least 4 members (excludes halogenated alkanes) is 9. The molecule has 0 saturated heterocycles. The lowest BCUT2D eigenvalue weighted by molar-refractivity contribution is -0.151. The molecule has 1 atom stereocenters. The van der Waals surface area contributed by atoms with E-state index < -0.39 is 39.6 Å². The van der Waals surface area contributed by atoms with E-state index in [9.17, 15) is 22.6 Å². The van der Waals surface area contributed by atoms with Crippen LogP contribution in [-0.4, -0.2) is 41.4 Å². The summed E-state index contributed by atoms with van der Waals surface area (Å²) in [6.07, 6.45) is 12.3. The predicted octanol–water partition coefficient (Wildman–Crippen LogP) is 4.52. The van der Waals surface area contributed by atoms with Crippen molar-refractivity contribution in [3.63, 3.8) is 0 Å². The molecule has 0 rings (SSSR count). The minimum Gasteiger partial charge on any atom is -0.481 e. The van der Waals surface area contributed by atoms with Crippen LogP contribution in [-0.2, 0) is 24.4 Å². The summed E-state index contributed by atoms with van der Waals surface area (Å²) in [5.41, 5.74) is 0. The van der Waals surface area contributed by atoms with Crippen LogP contribution in [0, 0.1) is 0 Å². The first-order valence-electron chi connectivity index (χ1n) is 10.2. The van der Waals surface area contributed by atoms with E-state index in [0.717, 1.165) is 19.3 Å². The number of allylic oxidation sites excluding steroid dienone is 2. The topological polar surface area (TPSA) is 118 Å². The highest BCUT2D eigenvalue weighted by atomic mass is 32.2. The molecule has 0 spiro atoms. The van der Waals surface area contributed by atoms with E-state index in [4.69, 9.17) is 9.84 Å². The maximum absolute atomic E-state index is 12.4. The Bertz CT molecular complexity index is 583. The zero-order valence-electron chi connectivity index (χ0n) is 17.2. The smallest absolute Gasteiger partial charge is 0.330 e. The molecule has 0 heterocycles. The van der Waals surface area contributed by atoms with Gasteiger partial charge in [0, 0.05) is 0 Å². The van der Waals surface area contributed by atoms with Crippen molar-refractivity contribution in [2.24, 2.45) is 0 Å². The number of carbonyl (C=O) groups is 2. The Hall–Kier alpha value is -1.41. The first-order valence-corrected chi connectivity index (χ1v) is 11.6. The van der Waals surface area contributed by atoms with Gasteiger partial charge in [-0.05, 0) is 19.8 Å². The third-order valence-electron chi connectivity index (χ3n) is 4.72. The van der Waals surface area contributed by atoms with Crippen molar-refractivity contribution >= 4 is 22.1 Å². The predicted molar refractivity (Wildman–Crippen MR) is 109 cm³/mol. The Morgan fingerprint density at radius 3 is 1.89 bits per heavy atom. The quantitative estimate of drug-likeness (QED) is 0.154. The number of esters is 1. The van der Waals surface area contributed by atoms with Crippen molar-refractivity contribution in [2.75, 3.05) is 6.61 Å². The van der Waals surface area contributed by atoms with E-state index in [2.05, 4.69) is 6.92 Å². The van der Waals surface area contributed by atoms with Gasteiger partial charge in [-0.15, -0.1) is 0 Å². The van der Waals surface area contributed by atoms with Crippen LogP contribution in [0.4, 0.5) is 0 Å². The van der Waals surface area contributed by atoms with Crippen LogP contribution in [0.2, 0.25) is 0 Å². The van der Waals surface area contributed by atoms with Crippen LogP contribution in [0.15, 0.2) is 12.2 Å². The Labute approximate surface area is 169 Å². The molecule has 0 fully saturated rings. The van der Waals surface area contributed by atoms with Crippen molar-refractivity contribution < 1.29 is 32.4 Å². The standard InChI is InChI=1S/C20H36O7S/c1-3-5-7-8-9-10-11-12-13-14-16-27-19(23)20(15-6-4-2,17-18(21)22)28(24,25)26/h4,6H,3,5,7-17H2,1-2H3,(H,21,22)(H,24,25,26). The first kappa shape index (κ1) is 26.6. The monoisotopic (exact) mass is 420 g/mol. The highest BCUT2D eigenvalue weighted by Crippen LogP contribution is 2.28. The van der Waals surface area contributed by atoms with Gasteiger partial charge in [-0.3, -0.25) is 14.1 Å². The molecule has 28 heavy (non-hydrogen) atoms. The van der Waals surface area contributed by atoms with Gasteiger partial charge in [0.1, 0.15) is 0 Å². The van der Waals surface area contributed by atoms with Crippen molar-refractivity contribution in [3.05, 3.63) is 12.2 Å². The van der Waals surface area contributed by atoms with E-state index in [-0.39, 0.29) is 6.61 Å². The van der Waals surface area contributed by atoms with E-state index in [1.807, 2.05) is 0 Å². The number of carboxylic acid groups (broad SMARTS) is 1. The lowest BCUT2D eigenvalue weighted by Crippen LogP contribution is -2.48. The number of carboxylic acids is 1. The highest BCUT2D eigenvalue weighted by molar-refractivity contribution is 7.88. The number of ether oxygens (including phenoxy) is 1. The average molecular weight is 421 g/mol. The van der Waals surface area contributed by atoms with Gasteiger partial charge in [0.15, 0.2) is 0 Å². The van der Waals surface area contributed by atoms with Crippen molar-refractivity contribution in [3.8, 4) is 0 Å². The van der Waals surface area contributed by atoms with Gasteiger partial charge in [0.05, 0.1) is 13.0 Å². The third kappa shape index (κ3) is 10.2.